The Morgan fingerprint density at radius 2 is 1.67 bits per heavy atom. The second-order valence-corrected chi connectivity index (χ2v) is 6.88. The molecule has 0 saturated carbocycles. The first-order valence-electron chi connectivity index (χ1n) is 9.38. The van der Waals surface area contributed by atoms with Gasteiger partial charge in [-0.2, -0.15) is 0 Å². The summed E-state index contributed by atoms with van der Waals surface area (Å²) in [5, 5.41) is 6.30. The Hall–Kier alpha value is -2.17. The van der Waals surface area contributed by atoms with Gasteiger partial charge in [0.1, 0.15) is 0 Å². The lowest BCUT2D eigenvalue weighted by atomic mass is 9.99. The van der Waals surface area contributed by atoms with Gasteiger partial charge in [0, 0.05) is 24.9 Å². The van der Waals surface area contributed by atoms with E-state index in [0.29, 0.717) is 18.0 Å². The van der Waals surface area contributed by atoms with Crippen LogP contribution < -0.4 is 10.6 Å². The van der Waals surface area contributed by atoms with Gasteiger partial charge in [-0.3, -0.25) is 9.59 Å². The van der Waals surface area contributed by atoms with Crippen LogP contribution in [0.4, 0.5) is 0 Å². The SMILES string of the molecule is Cl.O=C(CCC(=O)c1ccc(-c2ccccc2)cc1)NCC1CCCNC1. The third-order valence-electron chi connectivity index (χ3n) is 4.88. The standard InChI is InChI=1S/C22H26N2O2.ClH/c25-21(12-13-22(26)24-16-17-5-4-14-23-15-17)20-10-8-19(9-11-20)18-6-2-1-3-7-18;/h1-3,6-11,17,23H,4-5,12-16H2,(H,24,26);1H. The molecule has 2 N–H and O–H groups in total. The van der Waals surface area contributed by atoms with E-state index in [1.807, 2.05) is 54.6 Å². The minimum Gasteiger partial charge on any atom is -0.356 e. The molecule has 2 aromatic carbocycles. The largest absolute Gasteiger partial charge is 0.356 e. The van der Waals surface area contributed by atoms with E-state index in [9.17, 15) is 9.59 Å². The number of amides is 1. The van der Waals surface area contributed by atoms with Crippen LogP contribution in [-0.2, 0) is 4.79 Å². The summed E-state index contributed by atoms with van der Waals surface area (Å²) in [7, 11) is 0. The molecule has 0 radical (unpaired) electrons. The zero-order chi connectivity index (χ0) is 18.2. The number of carbonyl (C=O) groups excluding carboxylic acids is 2. The number of ketones is 1. The molecule has 2 aromatic rings. The zero-order valence-corrected chi connectivity index (χ0v) is 16.3. The van der Waals surface area contributed by atoms with Gasteiger partial charge in [0.2, 0.25) is 5.91 Å². The number of nitrogens with one attached hydrogen (secondary N) is 2. The van der Waals surface area contributed by atoms with E-state index in [2.05, 4.69) is 10.6 Å². The average Bonchev–Trinajstić information content (AvgIpc) is 2.72. The highest BCUT2D eigenvalue weighted by Gasteiger charge is 2.14. The second-order valence-electron chi connectivity index (χ2n) is 6.88. The fraction of sp³-hybridized carbons (Fsp3) is 0.364. The lowest BCUT2D eigenvalue weighted by Gasteiger charge is -2.22. The Kier molecular flexibility index (Phi) is 8.49. The highest BCUT2D eigenvalue weighted by atomic mass is 35.5. The Morgan fingerprint density at radius 1 is 0.963 bits per heavy atom. The number of Topliss-reactive ketones (excluding diaryl/α,β-unsaturated/α-hetero) is 1. The summed E-state index contributed by atoms with van der Waals surface area (Å²) >= 11 is 0. The van der Waals surface area contributed by atoms with E-state index in [0.717, 1.165) is 37.1 Å². The number of rotatable bonds is 7. The van der Waals surface area contributed by atoms with Crippen LogP contribution in [-0.4, -0.2) is 31.3 Å². The molecule has 1 unspecified atom stereocenters. The van der Waals surface area contributed by atoms with Gasteiger partial charge in [0.15, 0.2) is 5.78 Å². The Morgan fingerprint density at radius 3 is 2.33 bits per heavy atom. The zero-order valence-electron chi connectivity index (χ0n) is 15.4. The number of halogens is 1. The van der Waals surface area contributed by atoms with Crippen molar-refractivity contribution in [1.29, 1.82) is 0 Å². The van der Waals surface area contributed by atoms with Crippen LogP contribution in [0.15, 0.2) is 54.6 Å². The predicted molar refractivity (Wildman–Crippen MR) is 111 cm³/mol. The molecular formula is C22H27ClN2O2. The van der Waals surface area contributed by atoms with Gasteiger partial charge in [-0.1, -0.05) is 54.6 Å². The monoisotopic (exact) mass is 386 g/mol. The molecule has 1 aliphatic heterocycles. The maximum absolute atomic E-state index is 12.3. The fourth-order valence-electron chi connectivity index (χ4n) is 3.30. The molecule has 0 aliphatic carbocycles. The van der Waals surface area contributed by atoms with Crippen molar-refractivity contribution >= 4 is 24.1 Å². The summed E-state index contributed by atoms with van der Waals surface area (Å²) in [6.45, 7) is 2.74. The molecule has 1 saturated heterocycles. The first-order chi connectivity index (χ1) is 12.7. The predicted octanol–water partition coefficient (Wildman–Crippen LogP) is 3.85. The second kappa shape index (κ2) is 10.9. The first-order valence-corrected chi connectivity index (χ1v) is 9.38. The molecule has 27 heavy (non-hydrogen) atoms. The third-order valence-corrected chi connectivity index (χ3v) is 4.88. The van der Waals surface area contributed by atoms with Crippen molar-refractivity contribution in [3.05, 3.63) is 60.2 Å². The Bertz CT molecular complexity index is 726. The van der Waals surface area contributed by atoms with Gasteiger partial charge in [-0.25, -0.2) is 0 Å². The molecule has 0 aromatic heterocycles. The minimum atomic E-state index is -0.0372. The summed E-state index contributed by atoms with van der Waals surface area (Å²) in [5.41, 5.74) is 2.87. The first kappa shape index (κ1) is 21.1. The highest BCUT2D eigenvalue weighted by molar-refractivity contribution is 5.98. The molecule has 1 atom stereocenters. The van der Waals surface area contributed by atoms with Crippen LogP contribution in [0.1, 0.15) is 36.0 Å². The van der Waals surface area contributed by atoms with Crippen LogP contribution >= 0.6 is 12.4 Å². The van der Waals surface area contributed by atoms with Crippen LogP contribution in [0.5, 0.6) is 0 Å². The maximum atomic E-state index is 12.3. The average molecular weight is 387 g/mol. The van der Waals surface area contributed by atoms with Crippen LogP contribution in [0.2, 0.25) is 0 Å². The summed E-state index contributed by atoms with van der Waals surface area (Å²) in [4.78, 5) is 24.3. The maximum Gasteiger partial charge on any atom is 0.220 e. The van der Waals surface area contributed by atoms with Gasteiger partial charge in [0.25, 0.3) is 0 Å². The summed E-state index contributed by atoms with van der Waals surface area (Å²) in [6, 6.07) is 17.7. The van der Waals surface area contributed by atoms with Crippen molar-refractivity contribution < 1.29 is 9.59 Å². The number of hydrogen-bond acceptors (Lipinski definition) is 3. The van der Waals surface area contributed by atoms with Gasteiger partial charge >= 0.3 is 0 Å². The van der Waals surface area contributed by atoms with Gasteiger partial charge in [-0.05, 0) is 43.0 Å². The minimum absolute atomic E-state index is 0. The molecule has 1 aliphatic rings. The lowest BCUT2D eigenvalue weighted by Crippen LogP contribution is -2.38. The number of carbonyl (C=O) groups is 2. The number of benzene rings is 2. The Labute approximate surface area is 167 Å². The van der Waals surface area contributed by atoms with Crippen molar-refractivity contribution in [3.63, 3.8) is 0 Å². The Balaban J connectivity index is 0.00000261. The van der Waals surface area contributed by atoms with Crippen LogP contribution in [0.3, 0.4) is 0 Å². The van der Waals surface area contributed by atoms with Crippen molar-refractivity contribution in [2.45, 2.75) is 25.7 Å². The summed E-state index contributed by atoms with van der Waals surface area (Å²) in [6.07, 6.45) is 2.82. The van der Waals surface area contributed by atoms with E-state index in [1.165, 1.54) is 0 Å². The molecular weight excluding hydrogens is 360 g/mol. The molecule has 4 nitrogen and oxygen atoms in total. The van der Waals surface area contributed by atoms with Crippen molar-refractivity contribution in [1.82, 2.24) is 10.6 Å². The van der Waals surface area contributed by atoms with E-state index in [-0.39, 0.29) is 36.9 Å². The lowest BCUT2D eigenvalue weighted by molar-refractivity contribution is -0.121. The summed E-state index contributed by atoms with van der Waals surface area (Å²) in [5.74, 6) is 0.484. The highest BCUT2D eigenvalue weighted by Crippen LogP contribution is 2.20. The molecule has 1 amide bonds. The van der Waals surface area contributed by atoms with Gasteiger partial charge < -0.3 is 10.6 Å². The van der Waals surface area contributed by atoms with Crippen molar-refractivity contribution in [2.24, 2.45) is 5.92 Å². The van der Waals surface area contributed by atoms with E-state index < -0.39 is 0 Å². The molecule has 0 bridgehead atoms. The number of hydrogen-bond donors (Lipinski definition) is 2. The molecule has 144 valence electrons. The van der Waals surface area contributed by atoms with E-state index in [1.54, 1.807) is 0 Å². The smallest absolute Gasteiger partial charge is 0.220 e. The van der Waals surface area contributed by atoms with E-state index >= 15 is 0 Å². The fourth-order valence-corrected chi connectivity index (χ4v) is 3.30. The molecule has 0 spiro atoms. The molecule has 1 fully saturated rings. The molecule has 5 heteroatoms. The van der Waals surface area contributed by atoms with Crippen LogP contribution in [0, 0.1) is 5.92 Å². The van der Waals surface area contributed by atoms with Crippen molar-refractivity contribution in [3.8, 4) is 11.1 Å². The molecule has 1 heterocycles. The quantitative estimate of drug-likeness (QED) is 0.710. The summed E-state index contributed by atoms with van der Waals surface area (Å²) < 4.78 is 0. The number of piperidine rings is 1. The third kappa shape index (κ3) is 6.49. The van der Waals surface area contributed by atoms with Crippen LogP contribution in [0.25, 0.3) is 11.1 Å². The van der Waals surface area contributed by atoms with Crippen molar-refractivity contribution in [2.75, 3.05) is 19.6 Å². The van der Waals surface area contributed by atoms with E-state index in [4.69, 9.17) is 0 Å². The van der Waals surface area contributed by atoms with Gasteiger partial charge in [-0.15, -0.1) is 12.4 Å². The molecule has 3 rings (SSSR count). The van der Waals surface area contributed by atoms with Gasteiger partial charge in [0.05, 0.1) is 0 Å². The normalized spacial score (nSPS) is 16.2. The topological polar surface area (TPSA) is 58.2 Å².